The van der Waals surface area contributed by atoms with Crippen LogP contribution in [0.5, 0.6) is 0 Å². The van der Waals surface area contributed by atoms with Crippen LogP contribution in [-0.4, -0.2) is 58.1 Å². The molecule has 2 saturated heterocycles. The van der Waals surface area contributed by atoms with Crippen molar-refractivity contribution in [1.29, 1.82) is 0 Å². The number of rotatable bonds is 5. The lowest BCUT2D eigenvalue weighted by Gasteiger charge is -2.36. The van der Waals surface area contributed by atoms with Crippen LogP contribution in [0, 0.1) is 5.92 Å². The summed E-state index contributed by atoms with van der Waals surface area (Å²) in [7, 11) is 0. The van der Waals surface area contributed by atoms with Crippen molar-refractivity contribution in [2.75, 3.05) is 13.1 Å². The molecular weight excluding hydrogens is 322 g/mol. The Morgan fingerprint density at radius 3 is 2.92 bits per heavy atom. The van der Waals surface area contributed by atoms with Crippen LogP contribution < -0.4 is 10.6 Å². The molecule has 3 atom stereocenters. The van der Waals surface area contributed by atoms with Crippen LogP contribution >= 0.6 is 0 Å². The molecule has 2 amide bonds. The molecule has 0 spiro atoms. The smallest absolute Gasteiger partial charge is 0.237 e. The summed E-state index contributed by atoms with van der Waals surface area (Å²) in [6.07, 6.45) is 3.54. The highest BCUT2D eigenvalue weighted by Gasteiger charge is 2.44. The maximum Gasteiger partial charge on any atom is 0.237 e. The second-order valence-corrected chi connectivity index (χ2v) is 7.72. The summed E-state index contributed by atoms with van der Waals surface area (Å²) in [5.41, 5.74) is 0. The van der Waals surface area contributed by atoms with Crippen LogP contribution in [0.1, 0.15) is 50.8 Å². The molecule has 8 heteroatoms. The van der Waals surface area contributed by atoms with Crippen LogP contribution in [0.15, 0.2) is 4.42 Å². The number of fused-ring (bicyclic) bond motifs is 1. The molecule has 1 aliphatic carbocycles. The van der Waals surface area contributed by atoms with E-state index in [0.717, 1.165) is 18.7 Å². The Labute approximate surface area is 146 Å². The van der Waals surface area contributed by atoms with E-state index in [9.17, 15) is 9.59 Å². The van der Waals surface area contributed by atoms with E-state index in [-0.39, 0.29) is 35.9 Å². The fourth-order valence-corrected chi connectivity index (χ4v) is 3.68. The van der Waals surface area contributed by atoms with Gasteiger partial charge in [-0.2, -0.15) is 0 Å². The third kappa shape index (κ3) is 3.40. The van der Waals surface area contributed by atoms with Gasteiger partial charge in [-0.1, -0.05) is 13.8 Å². The largest absolute Gasteiger partial charge is 0.425 e. The van der Waals surface area contributed by atoms with E-state index in [1.54, 1.807) is 0 Å². The second kappa shape index (κ2) is 6.40. The highest BCUT2D eigenvalue weighted by atomic mass is 16.4. The lowest BCUT2D eigenvalue weighted by molar-refractivity contribution is -0.129. The molecule has 8 nitrogen and oxygen atoms in total. The highest BCUT2D eigenvalue weighted by Crippen LogP contribution is 2.39. The third-order valence-corrected chi connectivity index (χ3v) is 5.31. The minimum Gasteiger partial charge on any atom is -0.425 e. The Morgan fingerprint density at radius 1 is 1.40 bits per heavy atom. The zero-order valence-electron chi connectivity index (χ0n) is 14.7. The Kier molecular flexibility index (Phi) is 4.23. The summed E-state index contributed by atoms with van der Waals surface area (Å²) >= 11 is 0. The van der Waals surface area contributed by atoms with E-state index in [2.05, 4.69) is 25.7 Å². The van der Waals surface area contributed by atoms with Crippen LogP contribution in [0.4, 0.5) is 0 Å². The van der Waals surface area contributed by atoms with Crippen molar-refractivity contribution < 1.29 is 14.0 Å². The Hall–Kier alpha value is -1.96. The average molecular weight is 347 g/mol. The van der Waals surface area contributed by atoms with Gasteiger partial charge < -0.3 is 15.1 Å². The van der Waals surface area contributed by atoms with Gasteiger partial charge in [0.05, 0.1) is 6.04 Å². The van der Waals surface area contributed by atoms with Gasteiger partial charge in [0, 0.05) is 43.4 Å². The summed E-state index contributed by atoms with van der Waals surface area (Å²) < 4.78 is 5.78. The van der Waals surface area contributed by atoms with E-state index >= 15 is 0 Å². The normalized spacial score (nSPS) is 29.6. The topological polar surface area (TPSA) is 100 Å². The zero-order chi connectivity index (χ0) is 17.6. The van der Waals surface area contributed by atoms with Crippen molar-refractivity contribution in [3.05, 3.63) is 11.8 Å². The predicted octanol–water partition coefficient (Wildman–Crippen LogP) is 0.203. The molecule has 0 bridgehead atoms. The molecule has 2 N–H and O–H groups in total. The minimum atomic E-state index is -0.193. The van der Waals surface area contributed by atoms with Crippen LogP contribution in [0.25, 0.3) is 0 Å². The first-order valence-electron chi connectivity index (χ1n) is 9.17. The monoisotopic (exact) mass is 347 g/mol. The Balaban J connectivity index is 1.42. The van der Waals surface area contributed by atoms with E-state index in [1.807, 2.05) is 13.8 Å². The average Bonchev–Trinajstić information content (AvgIpc) is 3.16. The number of nitrogens with one attached hydrogen (secondary N) is 2. The van der Waals surface area contributed by atoms with Crippen LogP contribution in [0.2, 0.25) is 0 Å². The summed E-state index contributed by atoms with van der Waals surface area (Å²) in [4.78, 5) is 26.4. The lowest BCUT2D eigenvalue weighted by atomic mass is 10.1. The first-order chi connectivity index (χ1) is 12.0. The van der Waals surface area contributed by atoms with Crippen LogP contribution in [-0.2, 0) is 16.0 Å². The first kappa shape index (κ1) is 16.5. The molecular formula is C17H25N5O3. The summed E-state index contributed by atoms with van der Waals surface area (Å²) in [5, 5.41) is 14.3. The third-order valence-electron chi connectivity index (χ3n) is 5.31. The van der Waals surface area contributed by atoms with Gasteiger partial charge in [0.25, 0.3) is 0 Å². The summed E-state index contributed by atoms with van der Waals surface area (Å²) in [6, 6.07) is -0.0610. The van der Waals surface area contributed by atoms with E-state index in [0.29, 0.717) is 37.7 Å². The number of carbonyl (C=O) groups excluding carboxylic acids is 2. The molecule has 3 fully saturated rings. The number of nitrogens with zero attached hydrogens (tertiary/aromatic N) is 3. The first-order valence-corrected chi connectivity index (χ1v) is 9.17. The lowest BCUT2D eigenvalue weighted by Crippen LogP contribution is -2.58. The zero-order valence-corrected chi connectivity index (χ0v) is 14.7. The Bertz CT molecular complexity index is 669. The van der Waals surface area contributed by atoms with E-state index in [1.165, 1.54) is 0 Å². The van der Waals surface area contributed by atoms with Crippen LogP contribution in [0.3, 0.4) is 0 Å². The second-order valence-electron chi connectivity index (χ2n) is 7.72. The molecule has 3 aliphatic rings. The van der Waals surface area contributed by atoms with Crippen molar-refractivity contribution in [2.45, 2.75) is 63.6 Å². The SMILES string of the molecule is CC(C)C(=O)N[C@H]1C[C@H]2C(=O)NC[C@@H](Cc3nnc(C4CC4)o3)N2C1. The fraction of sp³-hybridized carbons (Fsp3) is 0.765. The molecule has 25 heavy (non-hydrogen) atoms. The molecule has 0 radical (unpaired) electrons. The van der Waals surface area contributed by atoms with Gasteiger partial charge in [-0.05, 0) is 19.3 Å². The van der Waals surface area contributed by atoms with Crippen molar-refractivity contribution in [3.63, 3.8) is 0 Å². The predicted molar refractivity (Wildman–Crippen MR) is 88.7 cm³/mol. The van der Waals surface area contributed by atoms with Crippen molar-refractivity contribution in [2.24, 2.45) is 5.92 Å². The molecule has 1 aromatic heterocycles. The quantitative estimate of drug-likeness (QED) is 0.789. The van der Waals surface area contributed by atoms with Crippen molar-refractivity contribution in [1.82, 2.24) is 25.7 Å². The summed E-state index contributed by atoms with van der Waals surface area (Å²) in [6.45, 7) is 5.01. The van der Waals surface area contributed by atoms with Gasteiger partial charge >= 0.3 is 0 Å². The van der Waals surface area contributed by atoms with E-state index < -0.39 is 0 Å². The number of carbonyl (C=O) groups is 2. The van der Waals surface area contributed by atoms with Gasteiger partial charge in [0.15, 0.2) is 0 Å². The standard InChI is InChI=1S/C17H25N5O3/c1-9(2)15(23)19-11-5-13-16(24)18-7-12(22(13)8-11)6-14-20-21-17(25-14)10-3-4-10/h9-13H,3-8H2,1-2H3,(H,18,24)(H,19,23)/t11-,12+,13-/m0/s1. The van der Waals surface area contributed by atoms with E-state index in [4.69, 9.17) is 4.42 Å². The van der Waals surface area contributed by atoms with Gasteiger partial charge in [0.2, 0.25) is 23.6 Å². The fourth-order valence-electron chi connectivity index (χ4n) is 3.68. The van der Waals surface area contributed by atoms with Gasteiger partial charge in [0.1, 0.15) is 0 Å². The molecule has 2 aliphatic heterocycles. The molecule has 136 valence electrons. The molecule has 4 rings (SSSR count). The highest BCUT2D eigenvalue weighted by molar-refractivity contribution is 5.83. The van der Waals surface area contributed by atoms with Gasteiger partial charge in [-0.3, -0.25) is 14.5 Å². The number of hydrogen-bond acceptors (Lipinski definition) is 6. The summed E-state index contributed by atoms with van der Waals surface area (Å²) in [5.74, 6) is 1.85. The minimum absolute atomic E-state index is 0.0101. The number of hydrogen-bond donors (Lipinski definition) is 2. The maximum atomic E-state index is 12.2. The molecule has 0 aromatic carbocycles. The number of amides is 2. The maximum absolute atomic E-state index is 12.2. The molecule has 1 saturated carbocycles. The van der Waals surface area contributed by atoms with Crippen molar-refractivity contribution >= 4 is 11.8 Å². The Morgan fingerprint density at radius 2 is 2.20 bits per heavy atom. The molecule has 0 unspecified atom stereocenters. The van der Waals surface area contributed by atoms with Gasteiger partial charge in [-0.25, -0.2) is 0 Å². The van der Waals surface area contributed by atoms with Crippen molar-refractivity contribution in [3.8, 4) is 0 Å². The van der Waals surface area contributed by atoms with Gasteiger partial charge in [-0.15, -0.1) is 10.2 Å². The number of aromatic nitrogens is 2. The number of piperazine rings is 1. The molecule has 3 heterocycles. The molecule has 1 aromatic rings.